The van der Waals surface area contributed by atoms with Crippen LogP contribution in [0.25, 0.3) is 0 Å². The number of aliphatic hydroxyl groups excluding tert-OH is 1. The van der Waals surface area contributed by atoms with Crippen LogP contribution in [-0.2, 0) is 6.54 Å². The first kappa shape index (κ1) is 11.5. The second kappa shape index (κ2) is 4.88. The van der Waals surface area contributed by atoms with Crippen LogP contribution in [0.15, 0.2) is 47.7 Å². The molecule has 1 atom stereocenters. The Morgan fingerprint density at radius 1 is 1.35 bits per heavy atom. The summed E-state index contributed by atoms with van der Waals surface area (Å²) in [7, 11) is 0. The molecular weight excluding hydrogens is 223 g/mol. The van der Waals surface area contributed by atoms with E-state index in [0.29, 0.717) is 0 Å². The van der Waals surface area contributed by atoms with E-state index >= 15 is 0 Å². The van der Waals surface area contributed by atoms with Gasteiger partial charge in [-0.15, -0.1) is 0 Å². The van der Waals surface area contributed by atoms with Gasteiger partial charge in [-0.3, -0.25) is 9.36 Å². The SMILES string of the molecule is O=c1ccncn1CC(O)c1ccccc1F. The third-order valence-corrected chi connectivity index (χ3v) is 2.43. The molecule has 0 radical (unpaired) electrons. The highest BCUT2D eigenvalue weighted by molar-refractivity contribution is 5.19. The predicted molar refractivity (Wildman–Crippen MR) is 59.9 cm³/mol. The van der Waals surface area contributed by atoms with Crippen molar-refractivity contribution in [2.75, 3.05) is 0 Å². The van der Waals surface area contributed by atoms with E-state index in [2.05, 4.69) is 4.98 Å². The van der Waals surface area contributed by atoms with Gasteiger partial charge in [-0.25, -0.2) is 9.37 Å². The molecule has 4 nitrogen and oxygen atoms in total. The average molecular weight is 234 g/mol. The van der Waals surface area contributed by atoms with Gasteiger partial charge >= 0.3 is 0 Å². The van der Waals surface area contributed by atoms with Crippen molar-refractivity contribution >= 4 is 0 Å². The molecule has 2 aromatic rings. The maximum atomic E-state index is 13.4. The normalized spacial score (nSPS) is 12.4. The highest BCUT2D eigenvalue weighted by Gasteiger charge is 2.13. The molecule has 0 aliphatic heterocycles. The van der Waals surface area contributed by atoms with Crippen LogP contribution >= 0.6 is 0 Å². The average Bonchev–Trinajstić information content (AvgIpc) is 2.32. The van der Waals surface area contributed by atoms with Gasteiger partial charge < -0.3 is 5.11 Å². The summed E-state index contributed by atoms with van der Waals surface area (Å²) in [6.07, 6.45) is 1.61. The molecule has 1 aromatic carbocycles. The third kappa shape index (κ3) is 2.57. The number of hydrogen-bond donors (Lipinski definition) is 1. The van der Waals surface area contributed by atoms with Crippen LogP contribution < -0.4 is 5.56 Å². The standard InChI is InChI=1S/C12H11FN2O2/c13-10-4-2-1-3-9(10)11(16)7-15-8-14-6-5-12(15)17/h1-6,8,11,16H,7H2. The lowest BCUT2D eigenvalue weighted by atomic mass is 10.1. The molecule has 0 spiro atoms. The van der Waals surface area contributed by atoms with Crippen molar-refractivity contribution in [2.45, 2.75) is 12.6 Å². The summed E-state index contributed by atoms with van der Waals surface area (Å²) >= 11 is 0. The Morgan fingerprint density at radius 3 is 2.82 bits per heavy atom. The second-order valence-corrected chi connectivity index (χ2v) is 3.61. The number of halogens is 1. The number of nitrogens with zero attached hydrogens (tertiary/aromatic N) is 2. The Balaban J connectivity index is 2.23. The summed E-state index contributed by atoms with van der Waals surface area (Å²) in [4.78, 5) is 15.2. The summed E-state index contributed by atoms with van der Waals surface area (Å²) in [6.45, 7) is -0.0202. The molecule has 0 fully saturated rings. The lowest BCUT2D eigenvalue weighted by molar-refractivity contribution is 0.150. The molecule has 0 saturated heterocycles. The van der Waals surface area contributed by atoms with E-state index in [1.54, 1.807) is 12.1 Å². The molecule has 88 valence electrons. The minimum Gasteiger partial charge on any atom is -0.386 e. The van der Waals surface area contributed by atoms with Gasteiger partial charge in [0.15, 0.2) is 0 Å². The molecule has 1 unspecified atom stereocenters. The second-order valence-electron chi connectivity index (χ2n) is 3.61. The predicted octanol–water partition coefficient (Wildman–Crippen LogP) is 1.12. The summed E-state index contributed by atoms with van der Waals surface area (Å²) in [6, 6.07) is 7.22. The highest BCUT2D eigenvalue weighted by atomic mass is 19.1. The van der Waals surface area contributed by atoms with Crippen molar-refractivity contribution < 1.29 is 9.50 Å². The summed E-state index contributed by atoms with van der Waals surface area (Å²) in [5.74, 6) is -0.489. The zero-order valence-corrected chi connectivity index (χ0v) is 8.95. The van der Waals surface area contributed by atoms with Crippen molar-refractivity contribution in [1.29, 1.82) is 0 Å². The smallest absolute Gasteiger partial charge is 0.253 e. The first-order chi connectivity index (χ1) is 8.18. The molecule has 0 aliphatic rings. The minimum atomic E-state index is -1.07. The van der Waals surface area contributed by atoms with Gasteiger partial charge in [-0.1, -0.05) is 18.2 Å². The van der Waals surface area contributed by atoms with Crippen molar-refractivity contribution in [3.05, 3.63) is 64.6 Å². The number of rotatable bonds is 3. The van der Waals surface area contributed by atoms with Crippen molar-refractivity contribution in [3.63, 3.8) is 0 Å². The number of hydrogen-bond acceptors (Lipinski definition) is 3. The molecule has 2 rings (SSSR count). The topological polar surface area (TPSA) is 55.1 Å². The van der Waals surface area contributed by atoms with Gasteiger partial charge in [0.25, 0.3) is 5.56 Å². The Bertz CT molecular complexity index is 568. The van der Waals surface area contributed by atoms with Crippen LogP contribution in [0.1, 0.15) is 11.7 Å². The molecule has 1 N–H and O–H groups in total. The van der Waals surface area contributed by atoms with E-state index in [4.69, 9.17) is 0 Å². The summed E-state index contributed by atoms with van der Waals surface area (Å²) < 4.78 is 14.6. The van der Waals surface area contributed by atoms with Gasteiger partial charge in [0.05, 0.1) is 19.0 Å². The Labute approximate surface area is 97.0 Å². The number of benzene rings is 1. The molecule has 0 aliphatic carbocycles. The van der Waals surface area contributed by atoms with Crippen molar-refractivity contribution in [2.24, 2.45) is 0 Å². The zero-order valence-electron chi connectivity index (χ0n) is 8.95. The molecule has 1 heterocycles. The Morgan fingerprint density at radius 2 is 2.12 bits per heavy atom. The van der Waals surface area contributed by atoms with Crippen molar-refractivity contribution in [1.82, 2.24) is 9.55 Å². The van der Waals surface area contributed by atoms with Gasteiger partial charge in [-0.2, -0.15) is 0 Å². The highest BCUT2D eigenvalue weighted by Crippen LogP contribution is 2.17. The fraction of sp³-hybridized carbons (Fsp3) is 0.167. The number of aliphatic hydroxyl groups is 1. The van der Waals surface area contributed by atoms with Crippen LogP contribution in [0, 0.1) is 5.82 Å². The molecule has 0 bridgehead atoms. The fourth-order valence-corrected chi connectivity index (χ4v) is 1.55. The molecule has 17 heavy (non-hydrogen) atoms. The first-order valence-electron chi connectivity index (χ1n) is 5.11. The monoisotopic (exact) mass is 234 g/mol. The lowest BCUT2D eigenvalue weighted by Crippen LogP contribution is -2.22. The molecule has 5 heteroatoms. The van der Waals surface area contributed by atoms with Crippen LogP contribution in [0.5, 0.6) is 0 Å². The van der Waals surface area contributed by atoms with E-state index in [0.717, 1.165) is 0 Å². The zero-order chi connectivity index (χ0) is 12.3. The summed E-state index contributed by atoms with van der Waals surface area (Å²) in [5, 5.41) is 9.85. The van der Waals surface area contributed by atoms with E-state index < -0.39 is 11.9 Å². The van der Waals surface area contributed by atoms with Gasteiger partial charge in [0.2, 0.25) is 0 Å². The molecule has 1 aromatic heterocycles. The van der Waals surface area contributed by atoms with E-state index in [-0.39, 0.29) is 17.7 Å². The fourth-order valence-electron chi connectivity index (χ4n) is 1.55. The Kier molecular flexibility index (Phi) is 3.30. The van der Waals surface area contributed by atoms with E-state index in [1.165, 1.54) is 35.3 Å². The van der Waals surface area contributed by atoms with Crippen LogP contribution in [0.2, 0.25) is 0 Å². The number of aromatic nitrogens is 2. The van der Waals surface area contributed by atoms with E-state index in [9.17, 15) is 14.3 Å². The first-order valence-corrected chi connectivity index (χ1v) is 5.11. The largest absolute Gasteiger partial charge is 0.386 e. The van der Waals surface area contributed by atoms with Gasteiger partial charge in [0.1, 0.15) is 5.82 Å². The molecular formula is C12H11FN2O2. The Hall–Kier alpha value is -2.01. The minimum absolute atomic E-state index is 0.0202. The molecule has 0 amide bonds. The van der Waals surface area contributed by atoms with E-state index in [1.807, 2.05) is 0 Å². The maximum absolute atomic E-state index is 13.4. The van der Waals surface area contributed by atoms with Gasteiger partial charge in [0, 0.05) is 17.8 Å². The van der Waals surface area contributed by atoms with Gasteiger partial charge in [-0.05, 0) is 6.07 Å². The maximum Gasteiger partial charge on any atom is 0.253 e. The lowest BCUT2D eigenvalue weighted by Gasteiger charge is -2.12. The van der Waals surface area contributed by atoms with Crippen LogP contribution in [-0.4, -0.2) is 14.7 Å². The van der Waals surface area contributed by atoms with Crippen molar-refractivity contribution in [3.8, 4) is 0 Å². The van der Waals surface area contributed by atoms with Crippen LogP contribution in [0.4, 0.5) is 4.39 Å². The summed E-state index contributed by atoms with van der Waals surface area (Å²) in [5.41, 5.74) is -0.112. The quantitative estimate of drug-likeness (QED) is 0.865. The van der Waals surface area contributed by atoms with Crippen LogP contribution in [0.3, 0.4) is 0 Å². The third-order valence-electron chi connectivity index (χ3n) is 2.43. The molecule has 0 saturated carbocycles.